The second-order valence-corrected chi connectivity index (χ2v) is 12.0. The fourth-order valence-corrected chi connectivity index (χ4v) is 6.37. The Morgan fingerprint density at radius 3 is 2.19 bits per heavy atom. The second-order valence-electron chi connectivity index (χ2n) is 12.0. The fraction of sp³-hybridized carbons (Fsp3) is 0.889. The monoisotopic (exact) mass is 447 g/mol. The third-order valence-electron chi connectivity index (χ3n) is 9.22. The van der Waals surface area contributed by atoms with Gasteiger partial charge in [0.25, 0.3) is 0 Å². The number of hydrogen-bond acceptors (Lipinski definition) is 4. The molecule has 5 nitrogen and oxygen atoms in total. The van der Waals surface area contributed by atoms with Crippen LogP contribution in [0.1, 0.15) is 98.8 Å². The van der Waals surface area contributed by atoms with Crippen LogP contribution in [0.4, 0.5) is 0 Å². The first-order chi connectivity index (χ1) is 15.0. The molecule has 0 bridgehead atoms. The van der Waals surface area contributed by atoms with E-state index in [-0.39, 0.29) is 52.8 Å². The first-order valence-corrected chi connectivity index (χ1v) is 12.9. The number of ketones is 1. The zero-order valence-corrected chi connectivity index (χ0v) is 21.2. The van der Waals surface area contributed by atoms with Crippen LogP contribution < -0.4 is 0 Å². The molecule has 1 unspecified atom stereocenters. The summed E-state index contributed by atoms with van der Waals surface area (Å²) in [5, 5.41) is 0. The summed E-state index contributed by atoms with van der Waals surface area (Å²) in [5.41, 5.74) is 0.00483. The average molecular weight is 448 g/mol. The Hall–Kier alpha value is -1.39. The number of piperidine rings is 1. The molecule has 0 N–H and O–H groups in total. The molecule has 0 aromatic rings. The normalized spacial score (nSPS) is 36.1. The molecule has 3 rings (SSSR count). The van der Waals surface area contributed by atoms with Crippen molar-refractivity contribution in [3.63, 3.8) is 0 Å². The second kappa shape index (κ2) is 9.85. The maximum absolute atomic E-state index is 13.7. The molecule has 182 valence electrons. The van der Waals surface area contributed by atoms with Crippen LogP contribution in [0.15, 0.2) is 0 Å². The van der Waals surface area contributed by atoms with Crippen LogP contribution in [0.5, 0.6) is 0 Å². The fourth-order valence-electron chi connectivity index (χ4n) is 6.37. The highest BCUT2D eigenvalue weighted by atomic mass is 16.5. The topological polar surface area (TPSA) is 63.7 Å². The van der Waals surface area contributed by atoms with Gasteiger partial charge in [-0.2, -0.15) is 0 Å². The van der Waals surface area contributed by atoms with Gasteiger partial charge >= 0.3 is 5.97 Å². The lowest BCUT2D eigenvalue weighted by Gasteiger charge is -2.38. The van der Waals surface area contributed by atoms with Crippen LogP contribution in [0.3, 0.4) is 0 Å². The number of hydrogen-bond donors (Lipinski definition) is 0. The van der Waals surface area contributed by atoms with Crippen molar-refractivity contribution in [1.82, 2.24) is 4.90 Å². The molecular weight excluding hydrogens is 402 g/mol. The molecule has 0 radical (unpaired) electrons. The smallest absolute Gasteiger partial charge is 0.309 e. The van der Waals surface area contributed by atoms with Gasteiger partial charge in [0, 0.05) is 18.9 Å². The maximum atomic E-state index is 13.7. The Morgan fingerprint density at radius 1 is 0.969 bits per heavy atom. The summed E-state index contributed by atoms with van der Waals surface area (Å²) in [6, 6.07) is -0.386. The van der Waals surface area contributed by atoms with Crippen molar-refractivity contribution in [2.45, 2.75) is 105 Å². The Morgan fingerprint density at radius 2 is 1.56 bits per heavy atom. The van der Waals surface area contributed by atoms with Crippen molar-refractivity contribution in [1.29, 1.82) is 0 Å². The van der Waals surface area contributed by atoms with Crippen molar-refractivity contribution in [3.8, 4) is 0 Å². The lowest BCUT2D eigenvalue weighted by molar-refractivity contribution is -0.149. The number of ether oxygens (including phenoxy) is 1. The number of nitrogens with zero attached hydrogens (tertiary/aromatic N) is 1. The molecular formula is C27H45NO4. The van der Waals surface area contributed by atoms with Crippen molar-refractivity contribution in [2.75, 3.05) is 13.7 Å². The summed E-state index contributed by atoms with van der Waals surface area (Å²) in [5.74, 6) is -0.0161. The first-order valence-electron chi connectivity index (χ1n) is 12.9. The Labute approximate surface area is 195 Å². The van der Waals surface area contributed by atoms with Gasteiger partial charge in [-0.1, -0.05) is 79.6 Å². The summed E-state index contributed by atoms with van der Waals surface area (Å²) in [4.78, 5) is 41.6. The quantitative estimate of drug-likeness (QED) is 0.505. The van der Waals surface area contributed by atoms with E-state index in [1.54, 1.807) is 0 Å². The molecule has 0 aromatic heterocycles. The van der Waals surface area contributed by atoms with Crippen LogP contribution in [0.2, 0.25) is 0 Å². The van der Waals surface area contributed by atoms with Crippen LogP contribution in [0, 0.1) is 34.5 Å². The minimum absolute atomic E-state index is 0.0566. The highest BCUT2D eigenvalue weighted by Crippen LogP contribution is 2.65. The molecule has 32 heavy (non-hydrogen) atoms. The van der Waals surface area contributed by atoms with E-state index in [1.165, 1.54) is 32.8 Å². The molecule has 1 saturated carbocycles. The molecule has 5 atom stereocenters. The highest BCUT2D eigenvalue weighted by molar-refractivity contribution is 5.93. The number of carbonyl (C=O) groups is 3. The van der Waals surface area contributed by atoms with Crippen molar-refractivity contribution in [2.24, 2.45) is 34.5 Å². The van der Waals surface area contributed by atoms with E-state index in [1.807, 2.05) is 11.8 Å². The lowest BCUT2D eigenvalue weighted by Crippen LogP contribution is -2.50. The highest BCUT2D eigenvalue weighted by Gasteiger charge is 2.69. The summed E-state index contributed by atoms with van der Waals surface area (Å²) in [6.07, 6.45) is 9.93. The third-order valence-corrected chi connectivity index (χ3v) is 9.22. The summed E-state index contributed by atoms with van der Waals surface area (Å²) in [7, 11) is 1.41. The minimum atomic E-state index is -0.394. The maximum Gasteiger partial charge on any atom is 0.309 e. The van der Waals surface area contributed by atoms with Gasteiger partial charge in [0.1, 0.15) is 0 Å². The number of Topliss-reactive ketones (excluding diaryl/α,β-unsaturated/α-hetero) is 1. The van der Waals surface area contributed by atoms with Gasteiger partial charge < -0.3 is 9.64 Å². The van der Waals surface area contributed by atoms with E-state index >= 15 is 0 Å². The predicted octanol–water partition coefficient (Wildman–Crippen LogP) is 5.40. The van der Waals surface area contributed by atoms with Gasteiger partial charge in [-0.05, 0) is 35.5 Å². The van der Waals surface area contributed by atoms with E-state index in [0.29, 0.717) is 18.9 Å². The lowest BCUT2D eigenvalue weighted by atomic mass is 9.75. The van der Waals surface area contributed by atoms with Crippen LogP contribution in [-0.2, 0) is 19.1 Å². The number of carbonyl (C=O) groups excluding carboxylic acids is 3. The zero-order chi connectivity index (χ0) is 23.7. The standard InChI is InChI=1S/C27H45NO4/c1-18-24(30)28-17-20-22(27(20,4)5)23(28)21(29)16-19(25(31)32-6)14-12-10-8-7-9-11-13-15-26(18,2)3/h18-20,22-23H,7-17H2,1-6H3/t18-,19-,20?,22+,23-/m1/s1. The molecule has 2 saturated heterocycles. The van der Waals surface area contributed by atoms with Crippen LogP contribution >= 0.6 is 0 Å². The van der Waals surface area contributed by atoms with Gasteiger partial charge in [-0.15, -0.1) is 0 Å². The largest absolute Gasteiger partial charge is 0.469 e. The Bertz CT molecular complexity index is 712. The predicted molar refractivity (Wildman–Crippen MR) is 126 cm³/mol. The van der Waals surface area contributed by atoms with E-state index in [9.17, 15) is 14.4 Å². The summed E-state index contributed by atoms with van der Waals surface area (Å²) < 4.78 is 5.04. The molecule has 0 aromatic carbocycles. The third kappa shape index (κ3) is 5.07. The first kappa shape index (κ1) is 25.2. The zero-order valence-electron chi connectivity index (χ0n) is 21.2. The van der Waals surface area contributed by atoms with Gasteiger partial charge in [-0.3, -0.25) is 14.4 Å². The molecule has 5 heteroatoms. The van der Waals surface area contributed by atoms with Crippen LogP contribution in [0.25, 0.3) is 0 Å². The number of amides is 1. The molecule has 3 aliphatic rings. The molecule has 1 aliphatic carbocycles. The van der Waals surface area contributed by atoms with Gasteiger partial charge in [0.15, 0.2) is 5.78 Å². The van der Waals surface area contributed by atoms with Crippen molar-refractivity contribution in [3.05, 3.63) is 0 Å². The van der Waals surface area contributed by atoms with Crippen molar-refractivity contribution >= 4 is 17.7 Å². The Balaban J connectivity index is 1.85. The van der Waals surface area contributed by atoms with Crippen molar-refractivity contribution < 1.29 is 19.1 Å². The van der Waals surface area contributed by atoms with Crippen LogP contribution in [-0.4, -0.2) is 42.3 Å². The number of rotatable bonds is 1. The molecule has 0 spiro atoms. The van der Waals surface area contributed by atoms with E-state index in [4.69, 9.17) is 4.74 Å². The number of fused-ring (bicyclic) bond motifs is 3. The molecule has 1 amide bonds. The van der Waals surface area contributed by atoms with Gasteiger partial charge in [0.2, 0.25) is 5.91 Å². The van der Waals surface area contributed by atoms with Gasteiger partial charge in [-0.25, -0.2) is 0 Å². The molecule has 2 aliphatic heterocycles. The van der Waals surface area contributed by atoms with Gasteiger partial charge in [0.05, 0.1) is 19.1 Å². The number of methoxy groups -OCH3 is 1. The van der Waals surface area contributed by atoms with E-state index in [2.05, 4.69) is 27.7 Å². The van der Waals surface area contributed by atoms with E-state index < -0.39 is 5.92 Å². The van der Waals surface area contributed by atoms with E-state index in [0.717, 1.165) is 25.7 Å². The molecule has 2 heterocycles. The molecule has 3 fully saturated rings. The minimum Gasteiger partial charge on any atom is -0.469 e. The average Bonchev–Trinajstić information content (AvgIpc) is 3.09. The number of esters is 1. The SMILES string of the molecule is COC(=O)[C@@H]1CCCCCCCCCC(C)(C)[C@H](C)C(=O)N2CC3[C@@H]([C@H]2C(=O)C1)C3(C)C. The summed E-state index contributed by atoms with van der Waals surface area (Å²) >= 11 is 0. The Kier molecular flexibility index (Phi) is 7.77. The summed E-state index contributed by atoms with van der Waals surface area (Å²) in [6.45, 7) is 11.6.